The Morgan fingerprint density at radius 1 is 0.778 bits per heavy atom. The summed E-state index contributed by atoms with van der Waals surface area (Å²) in [5, 5.41) is 18.4. The van der Waals surface area contributed by atoms with Gasteiger partial charge in [0.2, 0.25) is 0 Å². The minimum atomic E-state index is -1.23. The molecule has 0 fully saturated rings. The molecule has 1 heterocycles. The standard InChI is InChI=1S/C30H28N2O4/c1-17(2)22-13-25(19(5)11-27(22)34-15-31)30(24-10-8-7-9-21(24)29(33)36-30)26-14-23(18(3)4)28(35-16-32)12-20(26)6/h7-14,17-18H,1-6H3. The van der Waals surface area contributed by atoms with Crippen LogP contribution in [0.5, 0.6) is 11.5 Å². The first-order valence-corrected chi connectivity index (χ1v) is 11.9. The van der Waals surface area contributed by atoms with Gasteiger partial charge in [-0.05, 0) is 78.3 Å². The Morgan fingerprint density at radius 2 is 1.25 bits per heavy atom. The van der Waals surface area contributed by atoms with Crippen molar-refractivity contribution in [3.8, 4) is 24.0 Å². The van der Waals surface area contributed by atoms with Crippen molar-refractivity contribution in [2.75, 3.05) is 0 Å². The fraction of sp³-hybridized carbons (Fsp3) is 0.300. The van der Waals surface area contributed by atoms with E-state index in [-0.39, 0.29) is 11.8 Å². The second kappa shape index (κ2) is 9.40. The van der Waals surface area contributed by atoms with Gasteiger partial charge in [-0.2, -0.15) is 0 Å². The van der Waals surface area contributed by atoms with Crippen molar-refractivity contribution in [1.29, 1.82) is 10.5 Å². The van der Waals surface area contributed by atoms with E-state index >= 15 is 0 Å². The number of rotatable bonds is 6. The third-order valence-corrected chi connectivity index (χ3v) is 6.80. The lowest BCUT2D eigenvalue weighted by Gasteiger charge is -2.34. The molecule has 4 rings (SSSR count). The fourth-order valence-corrected chi connectivity index (χ4v) is 5.09. The number of carbonyl (C=O) groups is 1. The minimum absolute atomic E-state index is 0.0517. The molecule has 0 saturated heterocycles. The molecule has 0 atom stereocenters. The summed E-state index contributed by atoms with van der Waals surface area (Å²) in [6.45, 7) is 11.9. The molecule has 0 aromatic heterocycles. The van der Waals surface area contributed by atoms with Crippen LogP contribution in [0.3, 0.4) is 0 Å². The average Bonchev–Trinajstić information content (AvgIpc) is 3.12. The zero-order chi connectivity index (χ0) is 26.2. The van der Waals surface area contributed by atoms with Crippen LogP contribution >= 0.6 is 0 Å². The van der Waals surface area contributed by atoms with E-state index in [2.05, 4.69) is 0 Å². The van der Waals surface area contributed by atoms with E-state index in [1.54, 1.807) is 18.6 Å². The number of carbonyl (C=O) groups excluding carboxylic acids is 1. The van der Waals surface area contributed by atoms with Gasteiger partial charge in [0.1, 0.15) is 11.5 Å². The van der Waals surface area contributed by atoms with Crippen LogP contribution in [0.25, 0.3) is 0 Å². The van der Waals surface area contributed by atoms with Crippen LogP contribution in [-0.4, -0.2) is 5.97 Å². The number of benzene rings is 3. The molecule has 182 valence electrons. The first-order valence-electron chi connectivity index (χ1n) is 11.9. The van der Waals surface area contributed by atoms with Crippen LogP contribution in [0.1, 0.15) is 88.8 Å². The van der Waals surface area contributed by atoms with Gasteiger partial charge in [0.15, 0.2) is 5.60 Å². The van der Waals surface area contributed by atoms with Crippen molar-refractivity contribution in [1.82, 2.24) is 0 Å². The van der Waals surface area contributed by atoms with Crippen molar-refractivity contribution in [2.45, 2.75) is 59.0 Å². The van der Waals surface area contributed by atoms with Crippen LogP contribution < -0.4 is 9.47 Å². The smallest absolute Gasteiger partial charge is 0.340 e. The van der Waals surface area contributed by atoms with E-state index in [1.165, 1.54) is 0 Å². The maximum absolute atomic E-state index is 13.3. The molecule has 0 amide bonds. The number of hydrogen-bond donors (Lipinski definition) is 0. The van der Waals surface area contributed by atoms with Crippen molar-refractivity contribution in [3.05, 3.63) is 93.0 Å². The maximum atomic E-state index is 13.3. The Kier molecular flexibility index (Phi) is 6.48. The second-order valence-corrected chi connectivity index (χ2v) is 9.72. The summed E-state index contributed by atoms with van der Waals surface area (Å²) < 4.78 is 17.0. The Balaban J connectivity index is 2.14. The summed E-state index contributed by atoms with van der Waals surface area (Å²) in [6.07, 6.45) is 3.56. The topological polar surface area (TPSA) is 92.3 Å². The van der Waals surface area contributed by atoms with Crippen LogP contribution in [0, 0.1) is 36.9 Å². The van der Waals surface area contributed by atoms with Gasteiger partial charge in [-0.15, -0.1) is 10.5 Å². The zero-order valence-corrected chi connectivity index (χ0v) is 21.3. The van der Waals surface area contributed by atoms with Gasteiger partial charge in [-0.1, -0.05) is 45.9 Å². The molecule has 6 nitrogen and oxygen atoms in total. The summed E-state index contributed by atoms with van der Waals surface area (Å²) >= 11 is 0. The summed E-state index contributed by atoms with van der Waals surface area (Å²) in [6, 6.07) is 15.0. The first kappa shape index (κ1) is 24.8. The zero-order valence-electron chi connectivity index (χ0n) is 21.3. The highest BCUT2D eigenvalue weighted by Gasteiger charge is 2.50. The van der Waals surface area contributed by atoms with Crippen LogP contribution in [0.2, 0.25) is 0 Å². The molecule has 0 aliphatic carbocycles. The van der Waals surface area contributed by atoms with Crippen LogP contribution in [-0.2, 0) is 10.3 Å². The predicted molar refractivity (Wildman–Crippen MR) is 135 cm³/mol. The summed E-state index contributed by atoms with van der Waals surface area (Å²) in [5.41, 5.74) is 4.91. The molecule has 6 heteroatoms. The molecule has 36 heavy (non-hydrogen) atoms. The van der Waals surface area contributed by atoms with Crippen molar-refractivity contribution in [2.24, 2.45) is 0 Å². The average molecular weight is 481 g/mol. The van der Waals surface area contributed by atoms with Gasteiger partial charge in [-0.25, -0.2) is 4.79 Å². The number of esters is 1. The normalized spacial score (nSPS) is 13.7. The lowest BCUT2D eigenvalue weighted by atomic mass is 9.74. The molecule has 0 saturated carbocycles. The molecular weight excluding hydrogens is 452 g/mol. The highest BCUT2D eigenvalue weighted by molar-refractivity contribution is 5.96. The van der Waals surface area contributed by atoms with E-state index in [1.807, 2.05) is 84.0 Å². The molecular formula is C30H28N2O4. The summed E-state index contributed by atoms with van der Waals surface area (Å²) in [7, 11) is 0. The molecule has 1 aliphatic heterocycles. The Hall–Kier alpha value is -4.29. The number of aryl methyl sites for hydroxylation is 2. The molecule has 0 bridgehead atoms. The number of nitriles is 2. The lowest BCUT2D eigenvalue weighted by Crippen LogP contribution is -2.32. The molecule has 3 aromatic carbocycles. The van der Waals surface area contributed by atoms with E-state index < -0.39 is 11.6 Å². The molecule has 0 radical (unpaired) electrons. The van der Waals surface area contributed by atoms with Crippen molar-refractivity contribution < 1.29 is 19.0 Å². The number of nitrogens with zero attached hydrogens (tertiary/aromatic N) is 2. The van der Waals surface area contributed by atoms with Gasteiger partial charge in [-0.3, -0.25) is 0 Å². The highest BCUT2D eigenvalue weighted by atomic mass is 16.6. The Labute approximate surface area is 211 Å². The summed E-state index contributed by atoms with van der Waals surface area (Å²) in [4.78, 5) is 13.3. The van der Waals surface area contributed by atoms with E-state index in [0.29, 0.717) is 17.1 Å². The van der Waals surface area contributed by atoms with Crippen molar-refractivity contribution in [3.63, 3.8) is 0 Å². The van der Waals surface area contributed by atoms with E-state index in [0.717, 1.165) is 38.9 Å². The predicted octanol–water partition coefficient (Wildman–Crippen LogP) is 6.73. The molecule has 0 spiro atoms. The monoisotopic (exact) mass is 480 g/mol. The Bertz CT molecular complexity index is 1360. The molecule has 3 aromatic rings. The SMILES string of the molecule is Cc1cc(OC#N)c(C(C)C)cc1C1(c2cc(C(C)C)c(OC#N)cc2C)OC(=O)c2ccccc21. The van der Waals surface area contributed by atoms with Crippen LogP contribution in [0.4, 0.5) is 0 Å². The van der Waals surface area contributed by atoms with Gasteiger partial charge in [0, 0.05) is 16.7 Å². The molecule has 0 N–H and O–H groups in total. The van der Waals surface area contributed by atoms with Crippen molar-refractivity contribution >= 4 is 5.97 Å². The van der Waals surface area contributed by atoms with Gasteiger partial charge >= 0.3 is 5.97 Å². The molecule has 0 unspecified atom stereocenters. The van der Waals surface area contributed by atoms with Gasteiger partial charge in [0.05, 0.1) is 5.56 Å². The second-order valence-electron chi connectivity index (χ2n) is 9.72. The fourth-order valence-electron chi connectivity index (χ4n) is 5.09. The quantitative estimate of drug-likeness (QED) is 0.287. The largest absolute Gasteiger partial charge is 0.441 e. The third-order valence-electron chi connectivity index (χ3n) is 6.80. The van der Waals surface area contributed by atoms with Crippen LogP contribution in [0.15, 0.2) is 48.5 Å². The van der Waals surface area contributed by atoms with Gasteiger partial charge < -0.3 is 14.2 Å². The number of ether oxygens (including phenoxy) is 3. The third kappa shape index (κ3) is 3.85. The summed E-state index contributed by atoms with van der Waals surface area (Å²) in [5.74, 6) is 0.667. The minimum Gasteiger partial charge on any atom is -0.441 e. The van der Waals surface area contributed by atoms with E-state index in [9.17, 15) is 15.3 Å². The van der Waals surface area contributed by atoms with Gasteiger partial charge in [0.25, 0.3) is 12.5 Å². The number of fused-ring (bicyclic) bond motifs is 1. The van der Waals surface area contributed by atoms with E-state index in [4.69, 9.17) is 14.2 Å². The highest BCUT2D eigenvalue weighted by Crippen LogP contribution is 2.51. The lowest BCUT2D eigenvalue weighted by molar-refractivity contribution is 0.0247. The number of cyclic esters (lactones) is 1. The number of hydrogen-bond acceptors (Lipinski definition) is 6. The molecule has 1 aliphatic rings. The maximum Gasteiger partial charge on any atom is 0.340 e. The Morgan fingerprint density at radius 3 is 1.69 bits per heavy atom. The first-order chi connectivity index (χ1) is 17.1.